The van der Waals surface area contributed by atoms with Gasteiger partial charge in [0, 0.05) is 47.6 Å². The van der Waals surface area contributed by atoms with E-state index in [1.54, 1.807) is 27.8 Å². The molecule has 1 N–H and O–H groups in total. The van der Waals surface area contributed by atoms with Gasteiger partial charge in [-0.15, -0.1) is 0 Å². The lowest BCUT2D eigenvalue weighted by atomic mass is 9.82. The number of ether oxygens (including phenoxy) is 2. The van der Waals surface area contributed by atoms with Crippen molar-refractivity contribution in [3.63, 3.8) is 0 Å². The number of anilines is 3. The van der Waals surface area contributed by atoms with Crippen LogP contribution >= 0.6 is 0 Å². The Morgan fingerprint density at radius 3 is 2.56 bits per heavy atom. The minimum absolute atomic E-state index is 0.100. The van der Waals surface area contributed by atoms with Crippen LogP contribution in [0.2, 0.25) is 18.6 Å². The molecular formula is C38H44FN3O7Si. The van der Waals surface area contributed by atoms with E-state index >= 15 is 4.11 Å². The van der Waals surface area contributed by atoms with Crippen LogP contribution in [0.4, 0.5) is 21.2 Å². The number of aliphatic hydroxyl groups is 1. The third-order valence-corrected chi connectivity index (χ3v) is 13.7. The molecule has 264 valence electrons. The molecule has 0 bridgehead atoms. The largest absolute Gasteiger partial charge is 0.469 e. The number of methoxy groups -OCH3 is 1. The molecule has 4 aliphatic rings. The Balaban J connectivity index is 1.30. The summed E-state index contributed by atoms with van der Waals surface area (Å²) in [5, 5.41) is 11.7. The van der Waals surface area contributed by atoms with E-state index in [2.05, 4.69) is 0 Å². The molecule has 0 aliphatic carbocycles. The second kappa shape index (κ2) is 12.9. The van der Waals surface area contributed by atoms with E-state index in [-0.39, 0.29) is 49.2 Å². The maximum Gasteiger partial charge on any atom is 0.305 e. The molecule has 7 rings (SSSR count). The second-order valence-corrected chi connectivity index (χ2v) is 18.3. The van der Waals surface area contributed by atoms with Crippen LogP contribution in [0.5, 0.6) is 0 Å². The highest BCUT2D eigenvalue weighted by Crippen LogP contribution is 2.61. The SMILES string of the molecule is COC(=O)CCCCN1C(=O)[C@]2(O[C@H](CC(=O)N3CCC[C@H]3CO)[C@@H]([Si](C)(C)F)[C@@H]2C)c2cc(N3C(=O)c4cccc5cccc3c45)ccc21. The van der Waals surface area contributed by atoms with Crippen molar-refractivity contribution >= 4 is 59.9 Å². The molecule has 0 unspecified atom stereocenters. The Kier molecular flexibility index (Phi) is 8.84. The van der Waals surface area contributed by atoms with E-state index in [1.807, 2.05) is 61.5 Å². The highest BCUT2D eigenvalue weighted by Gasteiger charge is 2.67. The van der Waals surface area contributed by atoms with E-state index in [1.165, 1.54) is 7.11 Å². The van der Waals surface area contributed by atoms with Crippen LogP contribution < -0.4 is 9.80 Å². The van der Waals surface area contributed by atoms with Crippen LogP contribution in [0, 0.1) is 5.92 Å². The summed E-state index contributed by atoms with van der Waals surface area (Å²) < 4.78 is 28.2. The Bertz CT molecular complexity index is 1880. The van der Waals surface area contributed by atoms with Crippen molar-refractivity contribution in [3.8, 4) is 0 Å². The van der Waals surface area contributed by atoms with Crippen molar-refractivity contribution in [2.24, 2.45) is 5.92 Å². The summed E-state index contributed by atoms with van der Waals surface area (Å²) in [5.41, 5.74) is 0.761. The summed E-state index contributed by atoms with van der Waals surface area (Å²) in [7, 11) is -2.21. The number of rotatable bonds is 10. The van der Waals surface area contributed by atoms with E-state index in [9.17, 15) is 24.3 Å². The number of unbranched alkanes of at least 4 members (excludes halogenated alkanes) is 1. The molecule has 3 amide bonds. The van der Waals surface area contributed by atoms with Crippen LogP contribution in [-0.4, -0.2) is 81.1 Å². The Hall–Kier alpha value is -4.13. The minimum atomic E-state index is -3.55. The molecule has 0 aromatic heterocycles. The summed E-state index contributed by atoms with van der Waals surface area (Å²) in [6, 6.07) is 16.6. The highest BCUT2D eigenvalue weighted by molar-refractivity contribution is 6.72. The van der Waals surface area contributed by atoms with Crippen molar-refractivity contribution in [3.05, 3.63) is 65.7 Å². The molecule has 4 aliphatic heterocycles. The van der Waals surface area contributed by atoms with Crippen LogP contribution in [0.3, 0.4) is 0 Å². The highest BCUT2D eigenvalue weighted by atomic mass is 28.4. The Labute approximate surface area is 292 Å². The van der Waals surface area contributed by atoms with Gasteiger partial charge in [-0.2, -0.15) is 0 Å². The zero-order valence-electron chi connectivity index (χ0n) is 29.0. The first-order valence-electron chi connectivity index (χ1n) is 17.6. The van der Waals surface area contributed by atoms with Crippen LogP contribution in [0.1, 0.15) is 61.4 Å². The molecule has 1 spiro atoms. The number of hydrogen-bond donors (Lipinski definition) is 1. The van der Waals surface area contributed by atoms with Crippen LogP contribution in [-0.2, 0) is 29.5 Å². The van der Waals surface area contributed by atoms with E-state index < -0.39 is 31.6 Å². The van der Waals surface area contributed by atoms with Gasteiger partial charge < -0.3 is 28.5 Å². The molecule has 12 heteroatoms. The number of amides is 3. The first-order valence-corrected chi connectivity index (χ1v) is 20.5. The molecule has 3 aromatic carbocycles. The third-order valence-electron chi connectivity index (χ3n) is 11.3. The Morgan fingerprint density at radius 1 is 1.08 bits per heavy atom. The van der Waals surface area contributed by atoms with Gasteiger partial charge in [0.25, 0.3) is 11.8 Å². The fourth-order valence-electron chi connectivity index (χ4n) is 9.05. The molecule has 5 atom stereocenters. The summed E-state index contributed by atoms with van der Waals surface area (Å²) in [6.07, 6.45) is 1.75. The lowest BCUT2D eigenvalue weighted by molar-refractivity contribution is -0.150. The molecule has 3 aromatic rings. The molecular weight excluding hydrogens is 658 g/mol. The number of likely N-dealkylation sites (tertiary alicyclic amines) is 1. The molecule has 0 saturated carbocycles. The zero-order valence-corrected chi connectivity index (χ0v) is 30.0. The fourth-order valence-corrected chi connectivity index (χ4v) is 11.5. The summed E-state index contributed by atoms with van der Waals surface area (Å²) in [4.78, 5) is 59.3. The smallest absolute Gasteiger partial charge is 0.305 e. The predicted octanol–water partition coefficient (Wildman–Crippen LogP) is 5.97. The molecule has 2 fully saturated rings. The van der Waals surface area contributed by atoms with Crippen molar-refractivity contribution in [1.82, 2.24) is 4.90 Å². The number of halogens is 1. The summed E-state index contributed by atoms with van der Waals surface area (Å²) >= 11 is 0. The fraction of sp³-hybridized carbons (Fsp3) is 0.474. The Morgan fingerprint density at radius 2 is 1.84 bits per heavy atom. The van der Waals surface area contributed by atoms with E-state index in [0.29, 0.717) is 54.9 Å². The number of carbonyl (C=O) groups excluding carboxylic acids is 4. The zero-order chi connectivity index (χ0) is 35.5. The number of carbonyl (C=O) groups is 4. The average molecular weight is 702 g/mol. The monoisotopic (exact) mass is 701 g/mol. The number of hydrogen-bond acceptors (Lipinski definition) is 7. The third kappa shape index (κ3) is 5.34. The lowest BCUT2D eigenvalue weighted by Gasteiger charge is -2.31. The molecule has 4 heterocycles. The van der Waals surface area contributed by atoms with Gasteiger partial charge in [0.1, 0.15) is 0 Å². The lowest BCUT2D eigenvalue weighted by Crippen LogP contribution is -2.45. The van der Waals surface area contributed by atoms with Gasteiger partial charge in [-0.3, -0.25) is 24.1 Å². The van der Waals surface area contributed by atoms with E-state index in [4.69, 9.17) is 9.47 Å². The van der Waals surface area contributed by atoms with Gasteiger partial charge in [0.05, 0.1) is 49.2 Å². The molecule has 2 saturated heterocycles. The first-order chi connectivity index (χ1) is 23.9. The average Bonchev–Trinajstić information content (AvgIpc) is 3.82. The summed E-state index contributed by atoms with van der Waals surface area (Å²) in [6.45, 7) is 5.72. The van der Waals surface area contributed by atoms with Gasteiger partial charge in [0.15, 0.2) is 5.60 Å². The van der Waals surface area contributed by atoms with Gasteiger partial charge in [-0.05, 0) is 74.5 Å². The van der Waals surface area contributed by atoms with Crippen molar-refractivity contribution in [1.29, 1.82) is 0 Å². The maximum atomic E-state index is 16.5. The quantitative estimate of drug-likeness (QED) is 0.120. The topological polar surface area (TPSA) is 117 Å². The van der Waals surface area contributed by atoms with Gasteiger partial charge in [-0.1, -0.05) is 31.2 Å². The van der Waals surface area contributed by atoms with Gasteiger partial charge in [-0.25, -0.2) is 0 Å². The van der Waals surface area contributed by atoms with Crippen molar-refractivity contribution in [2.75, 3.05) is 36.6 Å². The minimum Gasteiger partial charge on any atom is -0.469 e. The first kappa shape index (κ1) is 34.3. The predicted molar refractivity (Wildman–Crippen MR) is 190 cm³/mol. The number of nitrogens with zero attached hydrogens (tertiary/aromatic N) is 3. The van der Waals surface area contributed by atoms with Gasteiger partial charge in [0.2, 0.25) is 14.3 Å². The number of benzene rings is 3. The second-order valence-electron chi connectivity index (χ2n) is 14.6. The maximum absolute atomic E-state index is 16.5. The van der Waals surface area contributed by atoms with Crippen LogP contribution in [0.15, 0.2) is 54.6 Å². The standard InChI is InChI=1S/C38H44FN3O7Si/c1-23-35(50(3,4)39)31(21-32(44)40-19-9-12-26(40)22-43)49-38(23)28-20-25(16-17-29(28)41(37(38)47)18-6-5-15-33(45)48-2)42-30-14-8-11-24-10-7-13-27(34(24)30)36(42)46/h7-8,10-11,13-14,16-17,20,23,26,31,35,43H,5-6,9,12,15,18-19,21-22H2,1-4H3/t23-,26-,31+,35-,38+/m0/s1. The van der Waals surface area contributed by atoms with Crippen molar-refractivity contribution < 1.29 is 37.9 Å². The van der Waals surface area contributed by atoms with Crippen molar-refractivity contribution in [2.45, 2.75) is 81.8 Å². The number of aliphatic hydroxyl groups excluding tert-OH is 1. The van der Waals surface area contributed by atoms with Crippen LogP contribution in [0.25, 0.3) is 10.8 Å². The van der Waals surface area contributed by atoms with E-state index in [0.717, 1.165) is 22.9 Å². The number of esters is 1. The normalized spacial score (nSPS) is 25.8. The van der Waals surface area contributed by atoms with Gasteiger partial charge >= 0.3 is 5.97 Å². The molecule has 0 radical (unpaired) electrons. The molecule has 10 nitrogen and oxygen atoms in total. The summed E-state index contributed by atoms with van der Waals surface area (Å²) in [5.74, 6) is -1.69. The molecule has 50 heavy (non-hydrogen) atoms. The number of fused-ring (bicyclic) bond motifs is 2.